The van der Waals surface area contributed by atoms with Gasteiger partial charge in [-0.05, 0) is 25.9 Å². The summed E-state index contributed by atoms with van der Waals surface area (Å²) in [4.78, 5) is 32.5. The fraction of sp³-hybridized carbons (Fsp3) is 0.833. The van der Waals surface area contributed by atoms with Crippen molar-refractivity contribution in [3.63, 3.8) is 0 Å². The number of hydrogen-bond acceptors (Lipinski definition) is 8. The van der Waals surface area contributed by atoms with Crippen LogP contribution in [0.3, 0.4) is 0 Å². The van der Waals surface area contributed by atoms with Crippen molar-refractivity contribution >= 4 is 11.9 Å². The van der Waals surface area contributed by atoms with E-state index < -0.39 is 11.9 Å². The Bertz CT molecular complexity index is 292. The van der Waals surface area contributed by atoms with Crippen LogP contribution in [0.5, 0.6) is 0 Å². The van der Waals surface area contributed by atoms with Gasteiger partial charge in [0.25, 0.3) is 0 Å². The number of carbonyl (C=O) groups is 2. The van der Waals surface area contributed by atoms with E-state index in [0.717, 1.165) is 0 Å². The number of unbranched alkanes of at least 4 members (excludes halogenated alkanes) is 1. The van der Waals surface area contributed by atoms with Gasteiger partial charge in [-0.2, -0.15) is 0 Å². The minimum absolute atomic E-state index is 0.121. The van der Waals surface area contributed by atoms with Crippen molar-refractivity contribution < 1.29 is 40.1 Å². The van der Waals surface area contributed by atoms with Gasteiger partial charge in [0.1, 0.15) is 0 Å². The number of rotatable bonds is 15. The molecule has 0 aromatic carbocycles. The molecule has 0 atom stereocenters. The van der Waals surface area contributed by atoms with Crippen molar-refractivity contribution in [3.05, 3.63) is 0 Å². The van der Waals surface area contributed by atoms with Gasteiger partial charge in [0.2, 0.25) is 0 Å². The average molecular weight is 324 g/mol. The van der Waals surface area contributed by atoms with E-state index in [1.165, 1.54) is 4.90 Å². The van der Waals surface area contributed by atoms with E-state index in [0.29, 0.717) is 39.0 Å². The highest BCUT2D eigenvalue weighted by atomic mass is 17.1. The summed E-state index contributed by atoms with van der Waals surface area (Å²) in [6, 6.07) is 0. The van der Waals surface area contributed by atoms with E-state index in [-0.39, 0.29) is 26.3 Å². The van der Waals surface area contributed by atoms with Crippen molar-refractivity contribution in [2.45, 2.75) is 12.8 Å². The molecule has 0 amide bonds. The summed E-state index contributed by atoms with van der Waals surface area (Å²) in [5, 5.41) is 34.1. The molecule has 10 nitrogen and oxygen atoms in total. The van der Waals surface area contributed by atoms with Gasteiger partial charge in [-0.1, -0.05) is 0 Å². The van der Waals surface area contributed by atoms with Crippen molar-refractivity contribution in [1.82, 2.24) is 9.80 Å². The molecule has 10 heteroatoms. The van der Waals surface area contributed by atoms with Crippen LogP contribution in [-0.2, 0) is 19.4 Å². The fourth-order valence-electron chi connectivity index (χ4n) is 1.94. The molecule has 130 valence electrons. The minimum Gasteiger partial charge on any atom is -0.480 e. The van der Waals surface area contributed by atoms with Crippen molar-refractivity contribution in [2.75, 3.05) is 52.5 Å². The first-order valence-electron chi connectivity index (χ1n) is 6.90. The van der Waals surface area contributed by atoms with E-state index in [9.17, 15) is 9.59 Å². The van der Waals surface area contributed by atoms with E-state index in [4.69, 9.17) is 20.7 Å². The zero-order valence-corrected chi connectivity index (χ0v) is 12.4. The molecule has 0 aromatic heterocycles. The first kappa shape index (κ1) is 20.7. The Hall–Kier alpha value is -1.30. The second-order valence-electron chi connectivity index (χ2n) is 4.71. The van der Waals surface area contributed by atoms with Crippen LogP contribution < -0.4 is 0 Å². The SMILES string of the molecule is O=C(O)CN(CCCCN(CCOO)CCOO)CC(=O)O. The molecule has 0 aliphatic heterocycles. The van der Waals surface area contributed by atoms with Crippen LogP contribution in [-0.4, -0.2) is 94.9 Å². The van der Waals surface area contributed by atoms with E-state index >= 15 is 0 Å². The summed E-state index contributed by atoms with van der Waals surface area (Å²) in [7, 11) is 0. The van der Waals surface area contributed by atoms with Crippen LogP contribution in [0, 0.1) is 0 Å². The van der Waals surface area contributed by atoms with Gasteiger partial charge in [-0.25, -0.2) is 9.78 Å². The summed E-state index contributed by atoms with van der Waals surface area (Å²) in [5.41, 5.74) is 0. The Kier molecular flexibility index (Phi) is 12.6. The second-order valence-corrected chi connectivity index (χ2v) is 4.71. The molecular formula is C12H24N2O8. The molecule has 22 heavy (non-hydrogen) atoms. The van der Waals surface area contributed by atoms with Crippen LogP contribution in [0.15, 0.2) is 0 Å². The highest BCUT2D eigenvalue weighted by molar-refractivity contribution is 5.72. The summed E-state index contributed by atoms with van der Waals surface area (Å²) in [5.74, 6) is -2.13. The number of aliphatic carboxylic acids is 2. The summed E-state index contributed by atoms with van der Waals surface area (Å²) >= 11 is 0. The third-order valence-corrected chi connectivity index (χ3v) is 2.91. The third-order valence-electron chi connectivity index (χ3n) is 2.91. The average Bonchev–Trinajstić information content (AvgIpc) is 2.44. The number of carboxylic acids is 2. The first-order valence-corrected chi connectivity index (χ1v) is 6.90. The van der Waals surface area contributed by atoms with Gasteiger partial charge < -0.3 is 10.2 Å². The molecule has 0 heterocycles. The lowest BCUT2D eigenvalue weighted by Crippen LogP contribution is -2.36. The maximum atomic E-state index is 10.7. The normalized spacial score (nSPS) is 11.3. The van der Waals surface area contributed by atoms with Gasteiger partial charge in [0, 0.05) is 13.1 Å². The molecule has 0 aliphatic rings. The van der Waals surface area contributed by atoms with Crippen LogP contribution in [0.1, 0.15) is 12.8 Å². The quantitative estimate of drug-likeness (QED) is 0.177. The second kappa shape index (κ2) is 13.4. The summed E-state index contributed by atoms with van der Waals surface area (Å²) < 4.78 is 0. The van der Waals surface area contributed by atoms with E-state index in [1.54, 1.807) is 0 Å². The topological polar surface area (TPSA) is 140 Å². The predicted octanol–water partition coefficient (Wildman–Crippen LogP) is -0.481. The lowest BCUT2D eigenvalue weighted by atomic mass is 10.2. The zero-order chi connectivity index (χ0) is 16.8. The number of hydrogen-bond donors (Lipinski definition) is 4. The van der Waals surface area contributed by atoms with E-state index in [2.05, 4.69) is 9.78 Å². The van der Waals surface area contributed by atoms with Crippen LogP contribution in [0.2, 0.25) is 0 Å². The molecule has 0 bridgehead atoms. The highest BCUT2D eigenvalue weighted by Gasteiger charge is 2.13. The van der Waals surface area contributed by atoms with Crippen LogP contribution >= 0.6 is 0 Å². The molecule has 0 saturated heterocycles. The van der Waals surface area contributed by atoms with Gasteiger partial charge in [-0.15, -0.1) is 0 Å². The smallest absolute Gasteiger partial charge is 0.317 e. The molecule has 0 unspecified atom stereocenters. The Labute approximate surface area is 128 Å². The monoisotopic (exact) mass is 324 g/mol. The third kappa shape index (κ3) is 12.4. The molecule has 0 spiro atoms. The number of nitrogens with zero attached hydrogens (tertiary/aromatic N) is 2. The van der Waals surface area contributed by atoms with Crippen molar-refractivity contribution in [2.24, 2.45) is 0 Å². The van der Waals surface area contributed by atoms with E-state index in [1.807, 2.05) is 4.90 Å². The maximum absolute atomic E-state index is 10.7. The Morgan fingerprint density at radius 2 is 1.14 bits per heavy atom. The van der Waals surface area contributed by atoms with Crippen LogP contribution in [0.25, 0.3) is 0 Å². The van der Waals surface area contributed by atoms with Gasteiger partial charge in [0.05, 0.1) is 26.3 Å². The molecule has 4 N–H and O–H groups in total. The van der Waals surface area contributed by atoms with Crippen molar-refractivity contribution in [3.8, 4) is 0 Å². The lowest BCUT2D eigenvalue weighted by molar-refractivity contribution is -0.251. The summed E-state index contributed by atoms with van der Waals surface area (Å²) in [6.45, 7) is 1.51. The van der Waals surface area contributed by atoms with Crippen LogP contribution in [0.4, 0.5) is 0 Å². The Morgan fingerprint density at radius 3 is 1.50 bits per heavy atom. The Balaban J connectivity index is 4.04. The van der Waals surface area contributed by atoms with Gasteiger partial charge >= 0.3 is 11.9 Å². The molecule has 0 saturated carbocycles. The molecular weight excluding hydrogens is 300 g/mol. The van der Waals surface area contributed by atoms with Crippen molar-refractivity contribution in [1.29, 1.82) is 0 Å². The molecule has 0 rings (SSSR count). The zero-order valence-electron chi connectivity index (χ0n) is 12.4. The largest absolute Gasteiger partial charge is 0.480 e. The van der Waals surface area contributed by atoms with Gasteiger partial charge in [-0.3, -0.25) is 29.9 Å². The molecule has 0 aliphatic carbocycles. The predicted molar refractivity (Wildman–Crippen MR) is 74.5 cm³/mol. The highest BCUT2D eigenvalue weighted by Crippen LogP contribution is 1.99. The fourth-order valence-corrected chi connectivity index (χ4v) is 1.94. The molecule has 0 fully saturated rings. The molecule has 0 radical (unpaired) electrons. The minimum atomic E-state index is -1.07. The maximum Gasteiger partial charge on any atom is 0.317 e. The van der Waals surface area contributed by atoms with Gasteiger partial charge in [0.15, 0.2) is 0 Å². The summed E-state index contributed by atoms with van der Waals surface area (Å²) in [6.07, 6.45) is 1.32. The lowest BCUT2D eigenvalue weighted by Gasteiger charge is -2.22. The first-order chi connectivity index (χ1) is 10.5. The molecule has 0 aromatic rings. The number of carboxylic acid groups (broad SMARTS) is 2. The Morgan fingerprint density at radius 1 is 0.727 bits per heavy atom. The standard InChI is InChI=1S/C12H24N2O8/c15-11(16)9-14(10-12(17)18)4-2-1-3-13(5-7-21-19)6-8-22-20/h19-20H,1-10H2,(H,15,16)(H,17,18).